The Morgan fingerprint density at radius 2 is 1.76 bits per heavy atom. The fraction of sp³-hybridized carbons (Fsp3) is 0.500. The summed E-state index contributed by atoms with van der Waals surface area (Å²) in [6.07, 6.45) is 9.81. The van der Waals surface area contributed by atoms with Gasteiger partial charge in [0.2, 0.25) is 0 Å². The number of ether oxygens (including phenoxy) is 2. The maximum Gasteiger partial charge on any atom is 0.410 e. The predicted octanol–water partition coefficient (Wildman–Crippen LogP) is 3.27. The molecule has 0 spiro atoms. The van der Waals surface area contributed by atoms with E-state index in [2.05, 4.69) is 14.9 Å². The molecule has 0 N–H and O–H groups in total. The minimum absolute atomic E-state index is 0.0744. The lowest BCUT2D eigenvalue weighted by molar-refractivity contribution is 0.0192. The number of piperidine rings is 1. The fourth-order valence-electron chi connectivity index (χ4n) is 4.91. The van der Waals surface area contributed by atoms with E-state index in [0.29, 0.717) is 6.54 Å². The second-order valence-electron chi connectivity index (χ2n) is 8.11. The molecule has 2 bridgehead atoms. The van der Waals surface area contributed by atoms with Gasteiger partial charge in [0, 0.05) is 56.5 Å². The van der Waals surface area contributed by atoms with E-state index in [1.807, 2.05) is 35.2 Å². The van der Waals surface area contributed by atoms with Crippen molar-refractivity contribution in [2.75, 3.05) is 18.0 Å². The van der Waals surface area contributed by atoms with Crippen molar-refractivity contribution in [1.82, 2.24) is 14.9 Å². The third-order valence-electron chi connectivity index (χ3n) is 6.24. The van der Waals surface area contributed by atoms with E-state index in [1.54, 1.807) is 18.6 Å². The maximum absolute atomic E-state index is 12.9. The van der Waals surface area contributed by atoms with E-state index in [9.17, 15) is 4.79 Å². The quantitative estimate of drug-likeness (QED) is 0.793. The van der Waals surface area contributed by atoms with Crippen molar-refractivity contribution >= 4 is 11.9 Å². The topological polar surface area (TPSA) is 67.8 Å². The zero-order valence-electron chi connectivity index (χ0n) is 16.4. The zero-order valence-corrected chi connectivity index (χ0v) is 16.4. The Morgan fingerprint density at radius 1 is 0.966 bits per heavy atom. The lowest BCUT2D eigenvalue weighted by atomic mass is 10.0. The van der Waals surface area contributed by atoms with Crippen molar-refractivity contribution in [1.29, 1.82) is 0 Å². The first-order chi connectivity index (χ1) is 14.3. The van der Waals surface area contributed by atoms with Crippen molar-refractivity contribution < 1.29 is 14.3 Å². The number of carbonyl (C=O) groups excluding carboxylic acids is 1. The number of rotatable bonds is 4. The monoisotopic (exact) mass is 394 g/mol. The van der Waals surface area contributed by atoms with Gasteiger partial charge in [-0.2, -0.15) is 0 Å². The minimum atomic E-state index is -0.160. The normalized spacial score (nSPS) is 28.4. The Labute approximate surface area is 170 Å². The van der Waals surface area contributed by atoms with Gasteiger partial charge in [0.1, 0.15) is 23.8 Å². The standard InChI is InChI=1S/C22H26N4O3/c27-22(29-19-8-12-25(15-19)21-3-1-2-9-24-21)26-16-4-5-17(26)14-20(13-16)28-18-6-10-23-11-7-18/h1-3,6-7,9-11,16-17,19-20H,4-5,8,12-15H2. The smallest absolute Gasteiger partial charge is 0.410 e. The molecule has 7 nitrogen and oxygen atoms in total. The average molecular weight is 394 g/mol. The summed E-state index contributed by atoms with van der Waals surface area (Å²) >= 11 is 0. The first-order valence-corrected chi connectivity index (χ1v) is 10.5. The molecule has 1 amide bonds. The van der Waals surface area contributed by atoms with Gasteiger partial charge in [0.05, 0.1) is 6.54 Å². The van der Waals surface area contributed by atoms with Crippen molar-refractivity contribution in [3.63, 3.8) is 0 Å². The molecule has 0 saturated carbocycles. The molecule has 3 atom stereocenters. The van der Waals surface area contributed by atoms with Gasteiger partial charge in [-0.25, -0.2) is 9.78 Å². The third-order valence-corrected chi connectivity index (χ3v) is 6.24. The lowest BCUT2D eigenvalue weighted by Gasteiger charge is -2.38. The van der Waals surface area contributed by atoms with Gasteiger partial charge in [0.15, 0.2) is 0 Å². The van der Waals surface area contributed by atoms with Gasteiger partial charge < -0.3 is 19.3 Å². The second kappa shape index (κ2) is 7.89. The van der Waals surface area contributed by atoms with Gasteiger partial charge >= 0.3 is 6.09 Å². The fourth-order valence-corrected chi connectivity index (χ4v) is 4.91. The van der Waals surface area contributed by atoms with Crippen LogP contribution in [0.3, 0.4) is 0 Å². The van der Waals surface area contributed by atoms with Gasteiger partial charge in [-0.05, 0) is 37.1 Å². The number of hydrogen-bond acceptors (Lipinski definition) is 6. The Hall–Kier alpha value is -2.83. The number of pyridine rings is 2. The molecule has 5 rings (SSSR count). The molecular formula is C22H26N4O3. The highest BCUT2D eigenvalue weighted by Gasteiger charge is 2.45. The van der Waals surface area contributed by atoms with Crippen molar-refractivity contribution in [2.45, 2.75) is 56.4 Å². The van der Waals surface area contributed by atoms with E-state index in [-0.39, 0.29) is 30.4 Å². The van der Waals surface area contributed by atoms with Crippen LogP contribution in [0.15, 0.2) is 48.9 Å². The molecule has 0 aromatic carbocycles. The number of nitrogens with zero attached hydrogens (tertiary/aromatic N) is 4. The average Bonchev–Trinajstić information content (AvgIpc) is 3.32. The van der Waals surface area contributed by atoms with Crippen LogP contribution in [0.5, 0.6) is 5.75 Å². The van der Waals surface area contributed by atoms with Crippen LogP contribution in [0.4, 0.5) is 10.6 Å². The van der Waals surface area contributed by atoms with E-state index in [1.165, 1.54) is 0 Å². The summed E-state index contributed by atoms with van der Waals surface area (Å²) in [6.45, 7) is 1.57. The molecule has 3 unspecified atom stereocenters. The minimum Gasteiger partial charge on any atom is -0.490 e. The number of hydrogen-bond donors (Lipinski definition) is 0. The number of anilines is 1. The molecular weight excluding hydrogens is 368 g/mol. The molecule has 152 valence electrons. The summed E-state index contributed by atoms with van der Waals surface area (Å²) in [5, 5.41) is 0. The van der Waals surface area contributed by atoms with E-state index in [4.69, 9.17) is 9.47 Å². The lowest BCUT2D eigenvalue weighted by Crippen LogP contribution is -2.50. The van der Waals surface area contributed by atoms with Crippen LogP contribution in [0, 0.1) is 0 Å². The van der Waals surface area contributed by atoms with Crippen LogP contribution in [-0.2, 0) is 4.74 Å². The summed E-state index contributed by atoms with van der Waals surface area (Å²) < 4.78 is 12.0. The van der Waals surface area contributed by atoms with Crippen molar-refractivity contribution in [2.24, 2.45) is 0 Å². The summed E-state index contributed by atoms with van der Waals surface area (Å²) in [5.74, 6) is 1.79. The molecule has 3 aliphatic heterocycles. The van der Waals surface area contributed by atoms with Crippen LogP contribution in [-0.4, -0.2) is 58.3 Å². The third kappa shape index (κ3) is 3.86. The van der Waals surface area contributed by atoms with Crippen LogP contribution in [0.25, 0.3) is 0 Å². The highest BCUT2D eigenvalue weighted by atomic mass is 16.6. The Kier molecular flexibility index (Phi) is 4.96. The number of amides is 1. The summed E-state index contributed by atoms with van der Waals surface area (Å²) in [4.78, 5) is 25.5. The van der Waals surface area contributed by atoms with E-state index in [0.717, 1.165) is 50.2 Å². The van der Waals surface area contributed by atoms with E-state index < -0.39 is 0 Å². The number of aromatic nitrogens is 2. The Balaban J connectivity index is 1.17. The number of carbonyl (C=O) groups is 1. The predicted molar refractivity (Wildman–Crippen MR) is 108 cm³/mol. The van der Waals surface area contributed by atoms with Crippen LogP contribution in [0.2, 0.25) is 0 Å². The van der Waals surface area contributed by atoms with Crippen LogP contribution >= 0.6 is 0 Å². The molecule has 5 heterocycles. The van der Waals surface area contributed by atoms with E-state index >= 15 is 0 Å². The number of fused-ring (bicyclic) bond motifs is 2. The SMILES string of the molecule is O=C(OC1CCN(c2ccccn2)C1)N1C2CCC1CC(Oc1ccncc1)C2. The summed E-state index contributed by atoms with van der Waals surface area (Å²) in [7, 11) is 0. The molecule has 29 heavy (non-hydrogen) atoms. The zero-order chi connectivity index (χ0) is 19.6. The van der Waals surface area contributed by atoms with Crippen LogP contribution < -0.4 is 9.64 Å². The Morgan fingerprint density at radius 3 is 2.48 bits per heavy atom. The summed E-state index contributed by atoms with van der Waals surface area (Å²) in [5.41, 5.74) is 0. The van der Waals surface area contributed by atoms with Crippen molar-refractivity contribution in [3.05, 3.63) is 48.9 Å². The van der Waals surface area contributed by atoms with Crippen LogP contribution in [0.1, 0.15) is 32.1 Å². The molecule has 3 aliphatic rings. The Bertz CT molecular complexity index is 820. The molecule has 0 radical (unpaired) electrons. The van der Waals surface area contributed by atoms with Gasteiger partial charge in [-0.1, -0.05) is 6.07 Å². The van der Waals surface area contributed by atoms with Crippen molar-refractivity contribution in [3.8, 4) is 5.75 Å². The summed E-state index contributed by atoms with van der Waals surface area (Å²) in [6, 6.07) is 10.1. The molecule has 2 aromatic heterocycles. The first-order valence-electron chi connectivity index (χ1n) is 10.5. The van der Waals surface area contributed by atoms with Gasteiger partial charge in [-0.15, -0.1) is 0 Å². The molecule has 0 aliphatic carbocycles. The molecule has 3 saturated heterocycles. The highest BCUT2D eigenvalue weighted by molar-refractivity contribution is 5.69. The largest absolute Gasteiger partial charge is 0.490 e. The van der Waals surface area contributed by atoms with Gasteiger partial charge in [-0.3, -0.25) is 4.98 Å². The molecule has 7 heteroatoms. The maximum atomic E-state index is 12.9. The molecule has 2 aromatic rings. The first kappa shape index (κ1) is 18.2. The second-order valence-corrected chi connectivity index (χ2v) is 8.11. The van der Waals surface area contributed by atoms with Gasteiger partial charge in [0.25, 0.3) is 0 Å². The molecule has 3 fully saturated rings. The highest BCUT2D eigenvalue weighted by Crippen LogP contribution is 2.38.